The Morgan fingerprint density at radius 3 is 2.14 bits per heavy atom. The summed E-state index contributed by atoms with van der Waals surface area (Å²) in [4.78, 5) is 2.51. The first-order valence-corrected chi connectivity index (χ1v) is 8.20. The maximum Gasteiger partial charge on any atom is 0.122 e. The second-order valence-electron chi connectivity index (χ2n) is 7.95. The average Bonchev–Trinajstić information content (AvgIpc) is 2.70. The third-order valence-corrected chi connectivity index (χ3v) is 3.26. The molecule has 1 aromatic heterocycles. The van der Waals surface area contributed by atoms with Gasteiger partial charge in [0.1, 0.15) is 5.76 Å². The zero-order valence-corrected chi connectivity index (χ0v) is 15.0. The van der Waals surface area contributed by atoms with Crippen molar-refractivity contribution in [2.75, 3.05) is 13.1 Å². The van der Waals surface area contributed by atoms with Gasteiger partial charge >= 0.3 is 0 Å². The van der Waals surface area contributed by atoms with Crippen molar-refractivity contribution < 1.29 is 4.42 Å². The number of nitrogens with one attached hydrogen (secondary N) is 1. The van der Waals surface area contributed by atoms with Crippen LogP contribution in [0.1, 0.15) is 59.8 Å². The topological polar surface area (TPSA) is 28.4 Å². The molecule has 1 aromatic rings. The molecule has 3 heteroatoms. The predicted octanol–water partition coefficient (Wildman–Crippen LogP) is 4.28. The Morgan fingerprint density at radius 2 is 1.67 bits per heavy atom. The number of nitrogens with zero attached hydrogens (tertiary/aromatic N) is 1. The van der Waals surface area contributed by atoms with Gasteiger partial charge in [0.05, 0.1) is 12.8 Å². The fourth-order valence-corrected chi connectivity index (χ4v) is 2.46. The van der Waals surface area contributed by atoms with E-state index in [2.05, 4.69) is 64.7 Å². The Morgan fingerprint density at radius 1 is 1.10 bits per heavy atom. The van der Waals surface area contributed by atoms with Gasteiger partial charge in [0.15, 0.2) is 0 Å². The van der Waals surface area contributed by atoms with E-state index in [0.29, 0.717) is 11.8 Å². The molecule has 0 saturated carbocycles. The molecule has 0 aliphatic rings. The molecule has 1 N–H and O–H groups in total. The molecule has 0 aliphatic carbocycles. The molecule has 0 amide bonds. The van der Waals surface area contributed by atoms with Gasteiger partial charge in [-0.3, -0.25) is 4.90 Å². The van der Waals surface area contributed by atoms with Crippen LogP contribution in [0.25, 0.3) is 0 Å². The lowest BCUT2D eigenvalue weighted by Crippen LogP contribution is -2.35. The molecule has 0 fully saturated rings. The highest BCUT2D eigenvalue weighted by Crippen LogP contribution is 2.16. The molecule has 3 nitrogen and oxygen atoms in total. The van der Waals surface area contributed by atoms with E-state index in [1.165, 1.54) is 5.56 Å². The molecule has 0 atom stereocenters. The Kier molecular flexibility index (Phi) is 6.95. The summed E-state index contributed by atoms with van der Waals surface area (Å²) in [6, 6.07) is 2.09. The molecule has 0 radical (unpaired) electrons. The summed E-state index contributed by atoms with van der Waals surface area (Å²) in [5.74, 6) is 2.46. The predicted molar refractivity (Wildman–Crippen MR) is 90.3 cm³/mol. The summed E-state index contributed by atoms with van der Waals surface area (Å²) in [5, 5.41) is 3.54. The Hall–Kier alpha value is -0.800. The van der Waals surface area contributed by atoms with Crippen LogP contribution in [0.5, 0.6) is 0 Å². The minimum atomic E-state index is 0.129. The molecule has 0 aromatic carbocycles. The van der Waals surface area contributed by atoms with Crippen molar-refractivity contribution >= 4 is 0 Å². The standard InChI is InChI=1S/C18H34N2O/c1-14(2)11-20(12-15(3)4)13-17-16(8-9-21-17)10-19-18(5,6)7/h8-9,14-15,19H,10-13H2,1-7H3. The third-order valence-electron chi connectivity index (χ3n) is 3.26. The summed E-state index contributed by atoms with van der Waals surface area (Å²) in [5.41, 5.74) is 1.41. The fourth-order valence-electron chi connectivity index (χ4n) is 2.46. The van der Waals surface area contributed by atoms with E-state index in [0.717, 1.165) is 31.9 Å². The fraction of sp³-hybridized carbons (Fsp3) is 0.778. The van der Waals surface area contributed by atoms with E-state index in [-0.39, 0.29) is 5.54 Å². The lowest BCUT2D eigenvalue weighted by atomic mass is 10.1. The van der Waals surface area contributed by atoms with Gasteiger partial charge in [0.2, 0.25) is 0 Å². The van der Waals surface area contributed by atoms with Crippen molar-refractivity contribution in [2.45, 2.75) is 67.1 Å². The van der Waals surface area contributed by atoms with E-state index in [9.17, 15) is 0 Å². The minimum Gasteiger partial charge on any atom is -0.468 e. The van der Waals surface area contributed by atoms with Crippen LogP contribution in [0.15, 0.2) is 16.7 Å². The molecular weight excluding hydrogens is 260 g/mol. The first-order chi connectivity index (χ1) is 9.67. The van der Waals surface area contributed by atoms with Gasteiger partial charge < -0.3 is 9.73 Å². The second kappa shape index (κ2) is 8.00. The zero-order chi connectivity index (χ0) is 16.0. The van der Waals surface area contributed by atoms with Crippen molar-refractivity contribution in [1.82, 2.24) is 10.2 Å². The quantitative estimate of drug-likeness (QED) is 0.775. The number of rotatable bonds is 8. The molecule has 21 heavy (non-hydrogen) atoms. The molecule has 0 unspecified atom stereocenters. The van der Waals surface area contributed by atoms with E-state index < -0.39 is 0 Å². The lowest BCUT2D eigenvalue weighted by molar-refractivity contribution is 0.195. The Balaban J connectivity index is 2.68. The maximum absolute atomic E-state index is 5.74. The molecule has 0 aliphatic heterocycles. The first-order valence-electron chi connectivity index (χ1n) is 8.20. The van der Waals surface area contributed by atoms with Gasteiger partial charge in [0, 0.05) is 30.7 Å². The Bertz CT molecular complexity index is 392. The Labute approximate surface area is 131 Å². The van der Waals surface area contributed by atoms with Crippen LogP contribution in [0.3, 0.4) is 0 Å². The molecule has 0 bridgehead atoms. The van der Waals surface area contributed by atoms with Gasteiger partial charge in [-0.05, 0) is 38.7 Å². The van der Waals surface area contributed by atoms with E-state index in [1.807, 2.05) is 6.26 Å². The summed E-state index contributed by atoms with van der Waals surface area (Å²) >= 11 is 0. The number of furan rings is 1. The molecule has 1 heterocycles. The minimum absolute atomic E-state index is 0.129. The first kappa shape index (κ1) is 18.2. The third kappa shape index (κ3) is 7.68. The summed E-state index contributed by atoms with van der Waals surface area (Å²) in [7, 11) is 0. The maximum atomic E-state index is 5.74. The van der Waals surface area contributed by atoms with Gasteiger partial charge in [0.25, 0.3) is 0 Å². The highest BCUT2D eigenvalue weighted by molar-refractivity contribution is 5.17. The smallest absolute Gasteiger partial charge is 0.122 e. The number of hydrogen-bond donors (Lipinski definition) is 1. The van der Waals surface area contributed by atoms with Crippen molar-refractivity contribution in [3.05, 3.63) is 23.7 Å². The second-order valence-corrected chi connectivity index (χ2v) is 7.95. The molecular formula is C18H34N2O. The molecule has 1 rings (SSSR count). The van der Waals surface area contributed by atoms with Gasteiger partial charge in [-0.2, -0.15) is 0 Å². The summed E-state index contributed by atoms with van der Waals surface area (Å²) in [6.07, 6.45) is 1.82. The average molecular weight is 294 g/mol. The van der Waals surface area contributed by atoms with E-state index >= 15 is 0 Å². The van der Waals surface area contributed by atoms with Crippen LogP contribution >= 0.6 is 0 Å². The van der Waals surface area contributed by atoms with Crippen LogP contribution < -0.4 is 5.32 Å². The van der Waals surface area contributed by atoms with Gasteiger partial charge in [-0.15, -0.1) is 0 Å². The van der Waals surface area contributed by atoms with Crippen LogP contribution in [0.4, 0.5) is 0 Å². The van der Waals surface area contributed by atoms with Crippen molar-refractivity contribution in [1.29, 1.82) is 0 Å². The largest absolute Gasteiger partial charge is 0.468 e. The van der Waals surface area contributed by atoms with Crippen molar-refractivity contribution in [3.8, 4) is 0 Å². The normalized spacial score (nSPS) is 12.9. The molecule has 0 spiro atoms. The van der Waals surface area contributed by atoms with E-state index in [4.69, 9.17) is 4.42 Å². The van der Waals surface area contributed by atoms with Crippen LogP contribution in [-0.4, -0.2) is 23.5 Å². The number of hydrogen-bond acceptors (Lipinski definition) is 3. The van der Waals surface area contributed by atoms with Gasteiger partial charge in [-0.1, -0.05) is 27.7 Å². The van der Waals surface area contributed by atoms with E-state index in [1.54, 1.807) is 0 Å². The monoisotopic (exact) mass is 294 g/mol. The van der Waals surface area contributed by atoms with Crippen LogP contribution in [0.2, 0.25) is 0 Å². The van der Waals surface area contributed by atoms with Crippen molar-refractivity contribution in [2.24, 2.45) is 11.8 Å². The van der Waals surface area contributed by atoms with Crippen LogP contribution in [0, 0.1) is 11.8 Å². The molecule has 0 saturated heterocycles. The zero-order valence-electron chi connectivity index (χ0n) is 15.0. The summed E-state index contributed by atoms with van der Waals surface area (Å²) < 4.78 is 5.74. The highest BCUT2D eigenvalue weighted by atomic mass is 16.3. The SMILES string of the molecule is CC(C)CN(Cc1occc1CNC(C)(C)C)CC(C)C. The highest BCUT2D eigenvalue weighted by Gasteiger charge is 2.16. The van der Waals surface area contributed by atoms with Crippen LogP contribution in [-0.2, 0) is 13.1 Å². The molecule has 122 valence electrons. The van der Waals surface area contributed by atoms with Gasteiger partial charge in [-0.25, -0.2) is 0 Å². The summed E-state index contributed by atoms with van der Waals surface area (Å²) in [6.45, 7) is 19.7. The lowest BCUT2D eigenvalue weighted by Gasteiger charge is -2.26. The van der Waals surface area contributed by atoms with Crippen molar-refractivity contribution in [3.63, 3.8) is 0 Å².